The maximum Gasteiger partial charge on any atom is 0.200 e. The standard InChI is InChI=1S/C27H30O6/c1-16-17(25(28)22-18(30-4)10-8-11-19(22)31-5)14-15-27(2,3)24(16)26(29)23-20(32-6)12-9-13-21(23)33-7/h8-15,24H,1-7H3. The Kier molecular flexibility index (Phi) is 6.96. The molecule has 0 aliphatic heterocycles. The third kappa shape index (κ3) is 4.25. The minimum Gasteiger partial charge on any atom is -0.496 e. The van der Waals surface area contributed by atoms with Crippen molar-refractivity contribution in [3.63, 3.8) is 0 Å². The number of rotatable bonds is 8. The van der Waals surface area contributed by atoms with Gasteiger partial charge in [-0.2, -0.15) is 0 Å². The Morgan fingerprint density at radius 3 is 1.61 bits per heavy atom. The van der Waals surface area contributed by atoms with Gasteiger partial charge in [0.25, 0.3) is 0 Å². The van der Waals surface area contributed by atoms with Crippen LogP contribution in [0.3, 0.4) is 0 Å². The van der Waals surface area contributed by atoms with E-state index in [1.54, 1.807) is 42.5 Å². The lowest BCUT2D eigenvalue weighted by atomic mass is 9.66. The topological polar surface area (TPSA) is 71.1 Å². The molecule has 3 rings (SSSR count). The molecule has 0 radical (unpaired) electrons. The summed E-state index contributed by atoms with van der Waals surface area (Å²) in [5.41, 5.74) is 1.24. The van der Waals surface area contributed by atoms with E-state index in [4.69, 9.17) is 18.9 Å². The second kappa shape index (κ2) is 9.53. The highest BCUT2D eigenvalue weighted by molar-refractivity contribution is 6.16. The van der Waals surface area contributed by atoms with Crippen LogP contribution in [-0.2, 0) is 0 Å². The minimum absolute atomic E-state index is 0.173. The van der Waals surface area contributed by atoms with E-state index in [1.165, 1.54) is 28.4 Å². The van der Waals surface area contributed by atoms with Gasteiger partial charge in [-0.1, -0.05) is 43.7 Å². The van der Waals surface area contributed by atoms with Gasteiger partial charge >= 0.3 is 0 Å². The Labute approximate surface area is 194 Å². The van der Waals surface area contributed by atoms with Gasteiger partial charge in [-0.15, -0.1) is 0 Å². The van der Waals surface area contributed by atoms with Crippen molar-refractivity contribution >= 4 is 11.6 Å². The van der Waals surface area contributed by atoms with Gasteiger partial charge in [0.2, 0.25) is 0 Å². The van der Waals surface area contributed by atoms with Crippen molar-refractivity contribution in [2.24, 2.45) is 11.3 Å². The average Bonchev–Trinajstić information content (AvgIpc) is 2.81. The van der Waals surface area contributed by atoms with E-state index in [9.17, 15) is 9.59 Å². The van der Waals surface area contributed by atoms with Gasteiger partial charge in [-0.05, 0) is 36.6 Å². The monoisotopic (exact) mass is 450 g/mol. The number of ether oxygens (including phenoxy) is 4. The fourth-order valence-corrected chi connectivity index (χ4v) is 4.48. The molecule has 2 aromatic rings. The summed E-state index contributed by atoms with van der Waals surface area (Å²) in [6.45, 7) is 5.77. The summed E-state index contributed by atoms with van der Waals surface area (Å²) in [4.78, 5) is 27.6. The molecule has 0 saturated heterocycles. The van der Waals surface area contributed by atoms with E-state index in [-0.39, 0.29) is 11.6 Å². The van der Waals surface area contributed by atoms with Crippen molar-refractivity contribution in [1.29, 1.82) is 0 Å². The first-order valence-electron chi connectivity index (χ1n) is 10.6. The normalized spacial score (nSPS) is 16.9. The van der Waals surface area contributed by atoms with Crippen LogP contribution in [0, 0.1) is 11.3 Å². The fourth-order valence-electron chi connectivity index (χ4n) is 4.48. The van der Waals surface area contributed by atoms with Gasteiger partial charge < -0.3 is 18.9 Å². The predicted octanol–water partition coefficient (Wildman–Crippen LogP) is 5.32. The molecule has 0 aromatic heterocycles. The first kappa shape index (κ1) is 24.1. The van der Waals surface area contributed by atoms with Crippen LogP contribution in [0.25, 0.3) is 0 Å². The Morgan fingerprint density at radius 2 is 1.18 bits per heavy atom. The average molecular weight is 451 g/mol. The smallest absolute Gasteiger partial charge is 0.200 e. The first-order chi connectivity index (χ1) is 15.7. The highest BCUT2D eigenvalue weighted by atomic mass is 16.5. The molecule has 6 heteroatoms. The molecule has 0 spiro atoms. The molecule has 6 nitrogen and oxygen atoms in total. The van der Waals surface area contributed by atoms with Gasteiger partial charge in [0.15, 0.2) is 11.6 Å². The summed E-state index contributed by atoms with van der Waals surface area (Å²) >= 11 is 0. The molecule has 0 fully saturated rings. The summed E-state index contributed by atoms with van der Waals surface area (Å²) in [5, 5.41) is 0. The van der Waals surface area contributed by atoms with Crippen molar-refractivity contribution < 1.29 is 28.5 Å². The zero-order valence-corrected chi connectivity index (χ0v) is 20.1. The molecule has 0 bridgehead atoms. The van der Waals surface area contributed by atoms with E-state index < -0.39 is 11.3 Å². The molecule has 174 valence electrons. The van der Waals surface area contributed by atoms with Crippen molar-refractivity contribution in [3.05, 3.63) is 70.8 Å². The fraction of sp³-hybridized carbons (Fsp3) is 0.333. The second-order valence-electron chi connectivity index (χ2n) is 8.45. The number of hydrogen-bond acceptors (Lipinski definition) is 6. The molecular formula is C27H30O6. The van der Waals surface area contributed by atoms with Crippen LogP contribution in [0.5, 0.6) is 23.0 Å². The zero-order valence-electron chi connectivity index (χ0n) is 20.1. The molecule has 0 N–H and O–H groups in total. The number of carbonyl (C=O) groups excluding carboxylic acids is 2. The minimum atomic E-state index is -0.604. The van der Waals surface area contributed by atoms with Crippen molar-refractivity contribution in [2.75, 3.05) is 28.4 Å². The van der Waals surface area contributed by atoms with E-state index >= 15 is 0 Å². The SMILES string of the molecule is COc1cccc(OC)c1C(=O)C1=C(C)C(C(=O)c2c(OC)cccc2OC)C(C)(C)C=C1. The van der Waals surface area contributed by atoms with Crippen LogP contribution in [0.4, 0.5) is 0 Å². The lowest BCUT2D eigenvalue weighted by Crippen LogP contribution is -2.34. The molecule has 1 aliphatic rings. The highest BCUT2D eigenvalue weighted by Crippen LogP contribution is 2.45. The van der Waals surface area contributed by atoms with E-state index in [0.29, 0.717) is 45.3 Å². The van der Waals surface area contributed by atoms with Crippen LogP contribution in [0.2, 0.25) is 0 Å². The molecule has 0 amide bonds. The largest absolute Gasteiger partial charge is 0.496 e. The van der Waals surface area contributed by atoms with Crippen molar-refractivity contribution in [2.45, 2.75) is 20.8 Å². The zero-order chi connectivity index (χ0) is 24.3. The Balaban J connectivity index is 2.18. The van der Waals surface area contributed by atoms with E-state index in [2.05, 4.69) is 0 Å². The molecular weight excluding hydrogens is 420 g/mol. The number of allylic oxidation sites excluding steroid dienone is 4. The third-order valence-electron chi connectivity index (χ3n) is 6.12. The van der Waals surface area contributed by atoms with Gasteiger partial charge in [0.1, 0.15) is 34.1 Å². The summed E-state index contributed by atoms with van der Waals surface area (Å²) in [5.74, 6) is 0.631. The Hall–Kier alpha value is -3.54. The van der Waals surface area contributed by atoms with E-state index in [0.717, 1.165) is 0 Å². The molecule has 1 atom stereocenters. The summed E-state index contributed by atoms with van der Waals surface area (Å²) in [6, 6.07) is 10.4. The second-order valence-corrected chi connectivity index (χ2v) is 8.45. The molecule has 1 aliphatic carbocycles. The lowest BCUT2D eigenvalue weighted by Gasteiger charge is -2.36. The molecule has 0 heterocycles. The quantitative estimate of drug-likeness (QED) is 0.507. The van der Waals surface area contributed by atoms with E-state index in [1.807, 2.05) is 26.8 Å². The van der Waals surface area contributed by atoms with Crippen molar-refractivity contribution in [1.82, 2.24) is 0 Å². The number of carbonyl (C=O) groups is 2. The molecule has 1 unspecified atom stereocenters. The summed E-state index contributed by atoms with van der Waals surface area (Å²) in [6.07, 6.45) is 3.69. The maximum absolute atomic E-state index is 13.9. The third-order valence-corrected chi connectivity index (χ3v) is 6.12. The van der Waals surface area contributed by atoms with Crippen LogP contribution >= 0.6 is 0 Å². The number of benzene rings is 2. The van der Waals surface area contributed by atoms with Crippen molar-refractivity contribution in [3.8, 4) is 23.0 Å². The number of ketones is 2. The number of Topliss-reactive ketones (excluding diaryl/α,β-unsaturated/α-hetero) is 2. The van der Waals surface area contributed by atoms with Gasteiger partial charge in [-0.3, -0.25) is 9.59 Å². The molecule has 33 heavy (non-hydrogen) atoms. The van der Waals surface area contributed by atoms with Crippen LogP contribution in [-0.4, -0.2) is 40.0 Å². The first-order valence-corrected chi connectivity index (χ1v) is 10.6. The number of methoxy groups -OCH3 is 4. The van der Waals surface area contributed by atoms with Crippen LogP contribution < -0.4 is 18.9 Å². The molecule has 2 aromatic carbocycles. The van der Waals surface area contributed by atoms with Gasteiger partial charge in [0, 0.05) is 5.57 Å². The van der Waals surface area contributed by atoms with Gasteiger partial charge in [0.05, 0.1) is 34.4 Å². The van der Waals surface area contributed by atoms with Crippen LogP contribution in [0.1, 0.15) is 41.5 Å². The Morgan fingerprint density at radius 1 is 0.758 bits per heavy atom. The lowest BCUT2D eigenvalue weighted by molar-refractivity contribution is 0.0868. The Bertz CT molecular complexity index is 1090. The van der Waals surface area contributed by atoms with Crippen LogP contribution in [0.15, 0.2) is 59.7 Å². The maximum atomic E-state index is 13.9. The highest BCUT2D eigenvalue weighted by Gasteiger charge is 2.41. The number of hydrogen-bond donors (Lipinski definition) is 0. The predicted molar refractivity (Wildman–Crippen MR) is 127 cm³/mol. The van der Waals surface area contributed by atoms with Gasteiger partial charge in [-0.25, -0.2) is 0 Å². The summed E-state index contributed by atoms with van der Waals surface area (Å²) < 4.78 is 21.8. The molecule has 0 saturated carbocycles. The summed E-state index contributed by atoms with van der Waals surface area (Å²) in [7, 11) is 6.05.